The van der Waals surface area contributed by atoms with Crippen molar-refractivity contribution in [3.8, 4) is 0 Å². The third-order valence-electron chi connectivity index (χ3n) is 4.88. The number of Topliss-reactive ketones (excluding diaryl/α,β-unsaturated/α-hetero) is 2. The first-order valence-corrected chi connectivity index (χ1v) is 9.78. The van der Waals surface area contributed by atoms with Crippen molar-refractivity contribution in [3.63, 3.8) is 0 Å². The van der Waals surface area contributed by atoms with Crippen molar-refractivity contribution in [2.24, 2.45) is 0 Å². The average molecular weight is 395 g/mol. The number of hydrogen-bond donors (Lipinski definition) is 0. The van der Waals surface area contributed by atoms with Gasteiger partial charge in [0.25, 0.3) is 0 Å². The lowest BCUT2D eigenvalue weighted by Crippen LogP contribution is -2.14. The van der Waals surface area contributed by atoms with Crippen molar-refractivity contribution < 1.29 is 9.59 Å². The lowest BCUT2D eigenvalue weighted by atomic mass is 9.99. The number of rotatable bonds is 8. The molecule has 0 saturated carbocycles. The fourth-order valence-electron chi connectivity index (χ4n) is 3.37. The number of benzene rings is 2. The maximum absolute atomic E-state index is 12.8. The van der Waals surface area contributed by atoms with Gasteiger partial charge in [-0.25, -0.2) is 4.98 Å². The smallest absolute Gasteiger partial charge is 0.188 e. The first kappa shape index (κ1) is 19.5. The summed E-state index contributed by atoms with van der Waals surface area (Å²) in [6, 6.07) is 23.2. The Bertz CT molecular complexity index is 1150. The molecule has 0 fully saturated rings. The second-order valence-electron chi connectivity index (χ2n) is 7.11. The van der Waals surface area contributed by atoms with Gasteiger partial charge < -0.3 is 4.57 Å². The summed E-state index contributed by atoms with van der Waals surface area (Å²) in [5.74, 6) is -0.442. The molecule has 0 bridgehead atoms. The minimum Gasteiger partial charge on any atom is -0.322 e. The summed E-state index contributed by atoms with van der Waals surface area (Å²) in [5, 5.41) is 0. The second-order valence-corrected chi connectivity index (χ2v) is 7.11. The Hall–Kier alpha value is -3.86. The van der Waals surface area contributed by atoms with Crippen molar-refractivity contribution >= 4 is 11.6 Å². The SMILES string of the molecule is O=C(CC(=O)c1cncn1Cc1ccccn1)c1cccc(Cc2ccccc2)c1. The summed E-state index contributed by atoms with van der Waals surface area (Å²) in [6.45, 7) is 0.433. The van der Waals surface area contributed by atoms with Crippen LogP contribution in [0.15, 0.2) is 91.5 Å². The summed E-state index contributed by atoms with van der Waals surface area (Å²) in [5.41, 5.74) is 4.00. The molecule has 0 atom stereocenters. The summed E-state index contributed by atoms with van der Waals surface area (Å²) in [6.07, 6.45) is 5.35. The van der Waals surface area contributed by atoms with Crippen LogP contribution in [0.25, 0.3) is 0 Å². The van der Waals surface area contributed by atoms with Crippen LogP contribution in [0.1, 0.15) is 44.1 Å². The van der Waals surface area contributed by atoms with Gasteiger partial charge in [-0.05, 0) is 35.7 Å². The Morgan fingerprint density at radius 1 is 0.833 bits per heavy atom. The molecule has 0 aliphatic heterocycles. The van der Waals surface area contributed by atoms with Crippen molar-refractivity contribution in [1.82, 2.24) is 14.5 Å². The molecule has 148 valence electrons. The van der Waals surface area contributed by atoms with E-state index in [0.717, 1.165) is 17.7 Å². The van der Waals surface area contributed by atoms with E-state index in [2.05, 4.69) is 22.1 Å². The van der Waals surface area contributed by atoms with E-state index in [1.807, 2.05) is 54.6 Å². The molecule has 30 heavy (non-hydrogen) atoms. The topological polar surface area (TPSA) is 64.8 Å². The van der Waals surface area contributed by atoms with Gasteiger partial charge in [-0.3, -0.25) is 14.6 Å². The van der Waals surface area contributed by atoms with Crippen LogP contribution < -0.4 is 0 Å². The van der Waals surface area contributed by atoms with Crippen molar-refractivity contribution in [3.05, 3.63) is 120 Å². The number of hydrogen-bond acceptors (Lipinski definition) is 4. The highest BCUT2D eigenvalue weighted by Gasteiger charge is 2.18. The Morgan fingerprint density at radius 2 is 1.63 bits per heavy atom. The fourth-order valence-corrected chi connectivity index (χ4v) is 3.37. The Labute approximate surface area is 175 Å². The van der Waals surface area contributed by atoms with Crippen LogP contribution in [0, 0.1) is 0 Å². The number of imidazole rings is 1. The molecule has 0 saturated heterocycles. The summed E-state index contributed by atoms with van der Waals surface area (Å²) < 4.78 is 1.73. The Morgan fingerprint density at radius 3 is 2.43 bits per heavy atom. The predicted molar refractivity (Wildman–Crippen MR) is 115 cm³/mol. The van der Waals surface area contributed by atoms with E-state index in [4.69, 9.17) is 0 Å². The number of ketones is 2. The standard InChI is InChI=1S/C25H21N3O2/c29-24(21-10-6-9-20(14-21)13-19-7-2-1-3-8-19)15-25(30)23-16-26-18-28(23)17-22-11-4-5-12-27-22/h1-12,14,16,18H,13,15,17H2. The average Bonchev–Trinajstić information content (AvgIpc) is 3.23. The monoisotopic (exact) mass is 395 g/mol. The van der Waals surface area contributed by atoms with Gasteiger partial charge >= 0.3 is 0 Å². The van der Waals surface area contributed by atoms with Crippen molar-refractivity contribution in [1.29, 1.82) is 0 Å². The molecule has 5 nitrogen and oxygen atoms in total. The van der Waals surface area contributed by atoms with E-state index in [-0.39, 0.29) is 18.0 Å². The van der Waals surface area contributed by atoms with Crippen LogP contribution in [0.4, 0.5) is 0 Å². The first-order chi connectivity index (χ1) is 14.7. The number of carbonyl (C=O) groups excluding carboxylic acids is 2. The van der Waals surface area contributed by atoms with E-state index >= 15 is 0 Å². The molecule has 5 heteroatoms. The predicted octanol–water partition coefficient (Wildman–Crippen LogP) is 4.37. The lowest BCUT2D eigenvalue weighted by Gasteiger charge is -2.08. The minimum absolute atomic E-state index is 0.192. The van der Waals surface area contributed by atoms with Gasteiger partial charge in [0.2, 0.25) is 0 Å². The molecule has 4 rings (SSSR count). The maximum atomic E-state index is 12.8. The zero-order valence-corrected chi connectivity index (χ0v) is 16.4. The molecule has 0 spiro atoms. The van der Waals surface area contributed by atoms with E-state index < -0.39 is 0 Å². The molecule has 4 aromatic rings. The van der Waals surface area contributed by atoms with Crippen LogP contribution in [-0.2, 0) is 13.0 Å². The van der Waals surface area contributed by atoms with Crippen LogP contribution in [0.3, 0.4) is 0 Å². The van der Waals surface area contributed by atoms with Crippen molar-refractivity contribution in [2.45, 2.75) is 19.4 Å². The van der Waals surface area contributed by atoms with Gasteiger partial charge in [0, 0.05) is 11.8 Å². The number of pyridine rings is 1. The van der Waals surface area contributed by atoms with Crippen LogP contribution in [0.5, 0.6) is 0 Å². The summed E-state index contributed by atoms with van der Waals surface area (Å²) in [4.78, 5) is 33.9. The highest BCUT2D eigenvalue weighted by atomic mass is 16.1. The first-order valence-electron chi connectivity index (χ1n) is 9.78. The van der Waals surface area contributed by atoms with Gasteiger partial charge in [-0.1, -0.05) is 54.6 Å². The zero-order chi connectivity index (χ0) is 20.8. The van der Waals surface area contributed by atoms with Gasteiger partial charge in [0.05, 0.1) is 31.2 Å². The highest BCUT2D eigenvalue weighted by molar-refractivity contribution is 6.12. The van der Waals surface area contributed by atoms with Gasteiger partial charge in [-0.2, -0.15) is 0 Å². The molecule has 0 unspecified atom stereocenters. The third-order valence-corrected chi connectivity index (χ3v) is 4.88. The molecule has 0 aliphatic carbocycles. The molecular weight excluding hydrogens is 374 g/mol. The van der Waals surface area contributed by atoms with Gasteiger partial charge in [-0.15, -0.1) is 0 Å². The highest BCUT2D eigenvalue weighted by Crippen LogP contribution is 2.15. The Kier molecular flexibility index (Phi) is 5.90. The second kappa shape index (κ2) is 9.09. The van der Waals surface area contributed by atoms with E-state index in [0.29, 0.717) is 17.8 Å². The van der Waals surface area contributed by atoms with Crippen LogP contribution in [0.2, 0.25) is 0 Å². The molecule has 2 aromatic carbocycles. The van der Waals surface area contributed by atoms with E-state index in [1.165, 1.54) is 11.8 Å². The fraction of sp³-hybridized carbons (Fsp3) is 0.120. The van der Waals surface area contributed by atoms with Crippen LogP contribution in [-0.4, -0.2) is 26.1 Å². The molecule has 2 aromatic heterocycles. The number of aromatic nitrogens is 3. The maximum Gasteiger partial charge on any atom is 0.188 e. The third kappa shape index (κ3) is 4.75. The normalized spacial score (nSPS) is 10.7. The summed E-state index contributed by atoms with van der Waals surface area (Å²) in [7, 11) is 0. The van der Waals surface area contributed by atoms with E-state index in [1.54, 1.807) is 23.2 Å². The summed E-state index contributed by atoms with van der Waals surface area (Å²) >= 11 is 0. The molecule has 2 heterocycles. The molecule has 0 N–H and O–H groups in total. The quantitative estimate of drug-likeness (QED) is 0.328. The zero-order valence-electron chi connectivity index (χ0n) is 16.4. The Balaban J connectivity index is 1.45. The largest absolute Gasteiger partial charge is 0.322 e. The van der Waals surface area contributed by atoms with Gasteiger partial charge in [0.15, 0.2) is 11.6 Å². The van der Waals surface area contributed by atoms with Crippen molar-refractivity contribution in [2.75, 3.05) is 0 Å². The van der Waals surface area contributed by atoms with Gasteiger partial charge in [0.1, 0.15) is 5.69 Å². The number of carbonyl (C=O) groups is 2. The number of nitrogens with zero attached hydrogens (tertiary/aromatic N) is 3. The molecule has 0 radical (unpaired) electrons. The molecule has 0 amide bonds. The minimum atomic E-state index is -0.248. The van der Waals surface area contributed by atoms with Crippen LogP contribution >= 0.6 is 0 Å². The lowest BCUT2D eigenvalue weighted by molar-refractivity contribution is 0.0889. The van der Waals surface area contributed by atoms with E-state index in [9.17, 15) is 9.59 Å². The molecule has 0 aliphatic rings. The molecular formula is C25H21N3O2.